The Kier molecular flexibility index (Phi) is 2.57. The number of nitrogens with zero attached hydrogens (tertiary/aromatic N) is 3. The molecule has 0 aliphatic rings. The van der Waals surface area contributed by atoms with Crippen LogP contribution in [0.3, 0.4) is 0 Å². The molecule has 19 heavy (non-hydrogen) atoms. The van der Waals surface area contributed by atoms with Crippen LogP contribution < -0.4 is 0 Å². The third-order valence-electron chi connectivity index (χ3n) is 3.35. The Labute approximate surface area is 109 Å². The first-order valence-corrected chi connectivity index (χ1v) is 5.96. The smallest absolute Gasteiger partial charge is 0.152 e. The van der Waals surface area contributed by atoms with Crippen molar-refractivity contribution < 1.29 is 4.42 Å². The molecule has 5 heteroatoms. The van der Waals surface area contributed by atoms with Crippen molar-refractivity contribution in [2.24, 2.45) is 0 Å². The van der Waals surface area contributed by atoms with E-state index in [4.69, 9.17) is 9.68 Å². The van der Waals surface area contributed by atoms with Crippen LogP contribution in [0.2, 0.25) is 0 Å². The number of benzene rings is 1. The highest BCUT2D eigenvalue weighted by molar-refractivity contribution is 5.90. The molecule has 2 aromatic heterocycles. The first-order chi connectivity index (χ1) is 9.20. The first-order valence-electron chi connectivity index (χ1n) is 5.96. The second kappa shape index (κ2) is 4.25. The zero-order valence-corrected chi connectivity index (χ0v) is 10.7. The van der Waals surface area contributed by atoms with Crippen molar-refractivity contribution in [2.75, 3.05) is 0 Å². The molecule has 0 atom stereocenters. The van der Waals surface area contributed by atoms with E-state index in [2.05, 4.69) is 21.3 Å². The molecule has 2 heterocycles. The van der Waals surface area contributed by atoms with Crippen LogP contribution in [0.15, 0.2) is 22.9 Å². The van der Waals surface area contributed by atoms with E-state index in [-0.39, 0.29) is 0 Å². The molecular weight excluding hydrogens is 240 g/mol. The second-order valence-corrected chi connectivity index (χ2v) is 4.48. The highest BCUT2D eigenvalue weighted by atomic mass is 16.3. The number of furan rings is 1. The predicted octanol–water partition coefficient (Wildman–Crippen LogP) is 2.63. The Balaban J connectivity index is 2.23. The normalized spacial score (nSPS) is 10.8. The predicted molar refractivity (Wildman–Crippen MR) is 69.6 cm³/mol. The summed E-state index contributed by atoms with van der Waals surface area (Å²) >= 11 is 0. The van der Waals surface area contributed by atoms with E-state index in [1.807, 2.05) is 19.9 Å². The summed E-state index contributed by atoms with van der Waals surface area (Å²) in [6.07, 6.45) is 2.13. The number of aromatic nitrogens is 3. The summed E-state index contributed by atoms with van der Waals surface area (Å²) in [6, 6.07) is 5.90. The number of nitrogens with one attached hydrogen (secondary N) is 1. The molecular formula is C14H12N4O. The minimum absolute atomic E-state index is 0.563. The van der Waals surface area contributed by atoms with Gasteiger partial charge in [-0.2, -0.15) is 10.4 Å². The standard InChI is InChI=1S/C14H12N4O/c1-8-9(2)19-14-11(6-15)4-3-10(13(8)14)5-12-16-7-17-18-12/h3-4,7H,5H2,1-2H3,(H,16,17,18). The number of aryl methyl sites for hydroxylation is 2. The van der Waals surface area contributed by atoms with Gasteiger partial charge in [0.25, 0.3) is 0 Å². The number of rotatable bonds is 2. The van der Waals surface area contributed by atoms with Crippen LogP contribution in [0, 0.1) is 25.2 Å². The van der Waals surface area contributed by atoms with E-state index in [9.17, 15) is 0 Å². The van der Waals surface area contributed by atoms with Crippen LogP contribution in [0.5, 0.6) is 0 Å². The molecule has 3 rings (SSSR count). The zero-order chi connectivity index (χ0) is 13.4. The highest BCUT2D eigenvalue weighted by Crippen LogP contribution is 2.31. The van der Waals surface area contributed by atoms with Crippen LogP contribution in [-0.2, 0) is 6.42 Å². The van der Waals surface area contributed by atoms with E-state index >= 15 is 0 Å². The summed E-state index contributed by atoms with van der Waals surface area (Å²) in [5, 5.41) is 16.8. The van der Waals surface area contributed by atoms with Gasteiger partial charge in [-0.1, -0.05) is 6.07 Å². The average Bonchev–Trinajstić information content (AvgIpc) is 3.00. The Morgan fingerprint density at radius 3 is 2.89 bits per heavy atom. The van der Waals surface area contributed by atoms with E-state index in [1.165, 1.54) is 6.33 Å². The fourth-order valence-corrected chi connectivity index (χ4v) is 2.28. The van der Waals surface area contributed by atoms with Gasteiger partial charge in [-0.05, 0) is 31.0 Å². The van der Waals surface area contributed by atoms with Gasteiger partial charge in [-0.25, -0.2) is 4.98 Å². The van der Waals surface area contributed by atoms with Crippen molar-refractivity contribution in [2.45, 2.75) is 20.3 Å². The fraction of sp³-hybridized carbons (Fsp3) is 0.214. The van der Waals surface area contributed by atoms with Gasteiger partial charge in [0.2, 0.25) is 0 Å². The van der Waals surface area contributed by atoms with Gasteiger partial charge < -0.3 is 4.42 Å². The topological polar surface area (TPSA) is 78.5 Å². The quantitative estimate of drug-likeness (QED) is 0.760. The summed E-state index contributed by atoms with van der Waals surface area (Å²) in [7, 11) is 0. The van der Waals surface area contributed by atoms with Crippen molar-refractivity contribution in [3.63, 3.8) is 0 Å². The Morgan fingerprint density at radius 1 is 1.37 bits per heavy atom. The van der Waals surface area contributed by atoms with Crippen molar-refractivity contribution >= 4 is 11.0 Å². The molecule has 94 valence electrons. The summed E-state index contributed by atoms with van der Waals surface area (Å²) in [5.41, 5.74) is 3.38. The van der Waals surface area contributed by atoms with Gasteiger partial charge >= 0.3 is 0 Å². The van der Waals surface area contributed by atoms with Crippen LogP contribution in [0.4, 0.5) is 0 Å². The lowest BCUT2D eigenvalue weighted by molar-refractivity contribution is 0.574. The minimum atomic E-state index is 0.563. The number of nitriles is 1. The Hall–Kier alpha value is -2.61. The lowest BCUT2D eigenvalue weighted by atomic mass is 10.0. The van der Waals surface area contributed by atoms with Crippen molar-refractivity contribution in [3.8, 4) is 6.07 Å². The number of fused-ring (bicyclic) bond motifs is 1. The van der Waals surface area contributed by atoms with Crippen molar-refractivity contribution in [1.82, 2.24) is 15.2 Å². The maximum Gasteiger partial charge on any atom is 0.152 e. The van der Waals surface area contributed by atoms with Crippen LogP contribution in [0.1, 0.15) is 28.3 Å². The molecule has 0 aliphatic heterocycles. The first kappa shape index (κ1) is 11.5. The number of hydrogen-bond donors (Lipinski definition) is 1. The largest absolute Gasteiger partial charge is 0.460 e. The van der Waals surface area contributed by atoms with E-state index in [0.29, 0.717) is 17.6 Å². The van der Waals surface area contributed by atoms with Gasteiger partial charge in [0.15, 0.2) is 5.58 Å². The zero-order valence-electron chi connectivity index (χ0n) is 10.7. The maximum absolute atomic E-state index is 9.14. The average molecular weight is 252 g/mol. The number of hydrogen-bond acceptors (Lipinski definition) is 4. The van der Waals surface area contributed by atoms with Crippen LogP contribution in [0.25, 0.3) is 11.0 Å². The van der Waals surface area contributed by atoms with Gasteiger partial charge in [0.05, 0.1) is 5.56 Å². The van der Waals surface area contributed by atoms with E-state index in [1.54, 1.807) is 6.07 Å². The molecule has 0 saturated heterocycles. The summed E-state index contributed by atoms with van der Waals surface area (Å²) < 4.78 is 5.71. The molecule has 0 fully saturated rings. The third kappa shape index (κ3) is 1.78. The molecule has 0 bridgehead atoms. The molecule has 0 amide bonds. The fourth-order valence-electron chi connectivity index (χ4n) is 2.28. The molecule has 5 nitrogen and oxygen atoms in total. The molecule has 1 aromatic carbocycles. The van der Waals surface area contributed by atoms with Crippen LogP contribution in [-0.4, -0.2) is 15.2 Å². The van der Waals surface area contributed by atoms with Crippen molar-refractivity contribution in [3.05, 3.63) is 46.7 Å². The van der Waals surface area contributed by atoms with E-state index < -0.39 is 0 Å². The molecule has 0 saturated carbocycles. The Bertz CT molecular complexity index is 778. The van der Waals surface area contributed by atoms with E-state index in [0.717, 1.165) is 28.1 Å². The molecule has 0 spiro atoms. The summed E-state index contributed by atoms with van der Waals surface area (Å²) in [5.74, 6) is 1.64. The van der Waals surface area contributed by atoms with Gasteiger partial charge in [-0.3, -0.25) is 5.10 Å². The van der Waals surface area contributed by atoms with Crippen molar-refractivity contribution in [1.29, 1.82) is 5.26 Å². The molecule has 0 unspecified atom stereocenters. The highest BCUT2D eigenvalue weighted by Gasteiger charge is 2.15. The maximum atomic E-state index is 9.14. The van der Waals surface area contributed by atoms with Gasteiger partial charge in [-0.15, -0.1) is 0 Å². The van der Waals surface area contributed by atoms with Crippen LogP contribution >= 0.6 is 0 Å². The lowest BCUT2D eigenvalue weighted by Gasteiger charge is -2.02. The molecule has 0 radical (unpaired) electrons. The molecule has 3 aromatic rings. The second-order valence-electron chi connectivity index (χ2n) is 4.48. The summed E-state index contributed by atoms with van der Waals surface area (Å²) in [6.45, 7) is 3.92. The lowest BCUT2D eigenvalue weighted by Crippen LogP contribution is -1.93. The molecule has 1 N–H and O–H groups in total. The Morgan fingerprint density at radius 2 is 2.21 bits per heavy atom. The monoisotopic (exact) mass is 252 g/mol. The third-order valence-corrected chi connectivity index (χ3v) is 3.35. The minimum Gasteiger partial charge on any atom is -0.460 e. The molecule has 0 aliphatic carbocycles. The van der Waals surface area contributed by atoms with Gasteiger partial charge in [0.1, 0.15) is 24.0 Å². The summed E-state index contributed by atoms with van der Waals surface area (Å²) in [4.78, 5) is 4.14. The number of aromatic amines is 1. The number of H-pyrrole nitrogens is 1. The SMILES string of the molecule is Cc1oc2c(C#N)ccc(Cc3ncn[nH]3)c2c1C. The van der Waals surface area contributed by atoms with Gasteiger partial charge in [0, 0.05) is 11.8 Å².